The van der Waals surface area contributed by atoms with Gasteiger partial charge in [0.2, 0.25) is 12.7 Å². The molecule has 4 heterocycles. The molecule has 2 aromatic heterocycles. The zero-order chi connectivity index (χ0) is 22.8. The summed E-state index contributed by atoms with van der Waals surface area (Å²) in [5, 5.41) is 16.4. The van der Waals surface area contributed by atoms with Gasteiger partial charge in [-0.05, 0) is 68.5 Å². The first-order valence-corrected chi connectivity index (χ1v) is 11.4. The first-order chi connectivity index (χ1) is 16.1. The number of carbonyl (C=O) groups is 1. The molecule has 2 aliphatic rings. The number of nitrogens with zero attached hydrogens (tertiary/aromatic N) is 5. The number of aryl methyl sites for hydroxylation is 1. The first kappa shape index (κ1) is 21.2. The Kier molecular flexibility index (Phi) is 5.85. The third-order valence-corrected chi connectivity index (χ3v) is 6.25. The molecule has 0 radical (unpaired) electrons. The van der Waals surface area contributed by atoms with Crippen molar-refractivity contribution in [2.75, 3.05) is 24.8 Å². The molecule has 1 aromatic carbocycles. The molecular formula is C24H28N6O3. The van der Waals surface area contributed by atoms with Crippen LogP contribution < -0.4 is 19.7 Å². The highest BCUT2D eigenvalue weighted by Gasteiger charge is 2.18. The van der Waals surface area contributed by atoms with Crippen LogP contribution in [0.3, 0.4) is 0 Å². The van der Waals surface area contributed by atoms with Crippen LogP contribution in [0.15, 0.2) is 30.3 Å². The molecule has 9 heteroatoms. The fourth-order valence-corrected chi connectivity index (χ4v) is 4.38. The van der Waals surface area contributed by atoms with Crippen LogP contribution in [-0.2, 0) is 17.8 Å². The summed E-state index contributed by atoms with van der Waals surface area (Å²) >= 11 is 0. The zero-order valence-electron chi connectivity index (χ0n) is 19.0. The van der Waals surface area contributed by atoms with Gasteiger partial charge < -0.3 is 19.7 Å². The number of hydrogen-bond donors (Lipinski definition) is 1. The van der Waals surface area contributed by atoms with E-state index >= 15 is 0 Å². The summed E-state index contributed by atoms with van der Waals surface area (Å²) in [4.78, 5) is 14.7. The number of fused-ring (bicyclic) bond motifs is 1. The minimum Gasteiger partial charge on any atom is -0.454 e. The van der Waals surface area contributed by atoms with Gasteiger partial charge in [-0.2, -0.15) is 5.10 Å². The maximum absolute atomic E-state index is 12.5. The van der Waals surface area contributed by atoms with Crippen molar-refractivity contribution in [1.82, 2.24) is 25.3 Å². The monoisotopic (exact) mass is 448 g/mol. The van der Waals surface area contributed by atoms with Crippen molar-refractivity contribution >= 4 is 11.7 Å². The normalized spacial score (nSPS) is 14.7. The molecule has 0 aliphatic carbocycles. The van der Waals surface area contributed by atoms with Crippen LogP contribution in [0.25, 0.3) is 5.82 Å². The lowest BCUT2D eigenvalue weighted by molar-refractivity contribution is -0.121. The SMILES string of the molecule is Cc1nn(-c2ccc(N3CCCC3)nn2)c(C)c1CCC(=O)NCc1ccc2c(c1)OCO2. The van der Waals surface area contributed by atoms with E-state index in [0.29, 0.717) is 25.2 Å². The number of anilines is 1. The predicted octanol–water partition coefficient (Wildman–Crippen LogP) is 2.86. The Bertz CT molecular complexity index is 1150. The second-order valence-corrected chi connectivity index (χ2v) is 8.47. The Morgan fingerprint density at radius 1 is 1.03 bits per heavy atom. The lowest BCUT2D eigenvalue weighted by Gasteiger charge is -2.15. The third-order valence-electron chi connectivity index (χ3n) is 6.25. The number of ether oxygens (including phenoxy) is 2. The molecule has 1 amide bonds. The van der Waals surface area contributed by atoms with Crippen molar-refractivity contribution in [2.45, 2.75) is 46.1 Å². The molecule has 5 rings (SSSR count). The Morgan fingerprint density at radius 2 is 1.79 bits per heavy atom. The molecule has 2 aliphatic heterocycles. The third kappa shape index (κ3) is 4.48. The van der Waals surface area contributed by atoms with Gasteiger partial charge >= 0.3 is 0 Å². The number of amides is 1. The Labute approximate surface area is 192 Å². The van der Waals surface area contributed by atoms with Crippen molar-refractivity contribution in [3.05, 3.63) is 52.8 Å². The minimum atomic E-state index is -0.00558. The number of aromatic nitrogens is 4. The van der Waals surface area contributed by atoms with Gasteiger partial charge in [-0.25, -0.2) is 4.68 Å². The van der Waals surface area contributed by atoms with E-state index in [1.807, 2.05) is 48.9 Å². The van der Waals surface area contributed by atoms with E-state index in [-0.39, 0.29) is 12.7 Å². The minimum absolute atomic E-state index is 0.00558. The molecule has 0 spiro atoms. The van der Waals surface area contributed by atoms with E-state index in [0.717, 1.165) is 52.9 Å². The molecule has 33 heavy (non-hydrogen) atoms. The van der Waals surface area contributed by atoms with Gasteiger partial charge in [0.1, 0.15) is 0 Å². The topological polar surface area (TPSA) is 94.4 Å². The number of hydrogen-bond acceptors (Lipinski definition) is 7. The molecule has 0 saturated carbocycles. The van der Waals surface area contributed by atoms with Gasteiger partial charge in [0.15, 0.2) is 23.1 Å². The number of benzene rings is 1. The standard InChI is InChI=1S/C24H28N6O3/c1-16-19(6-10-24(31)25-14-18-5-7-20-21(13-18)33-15-32-20)17(2)30(28-16)23-9-8-22(26-27-23)29-11-3-4-12-29/h5,7-9,13H,3-4,6,10-12,14-15H2,1-2H3,(H,25,31). The largest absolute Gasteiger partial charge is 0.454 e. The summed E-state index contributed by atoms with van der Waals surface area (Å²) in [6.45, 7) is 6.74. The predicted molar refractivity (Wildman–Crippen MR) is 123 cm³/mol. The van der Waals surface area contributed by atoms with Crippen LogP contribution in [0.5, 0.6) is 11.5 Å². The highest BCUT2D eigenvalue weighted by Crippen LogP contribution is 2.32. The summed E-state index contributed by atoms with van der Waals surface area (Å²) in [6.07, 6.45) is 3.41. The summed E-state index contributed by atoms with van der Waals surface area (Å²) < 4.78 is 12.5. The molecule has 172 valence electrons. The van der Waals surface area contributed by atoms with Crippen LogP contribution in [0.2, 0.25) is 0 Å². The molecule has 3 aromatic rings. The van der Waals surface area contributed by atoms with Crippen LogP contribution in [0.4, 0.5) is 5.82 Å². The fraction of sp³-hybridized carbons (Fsp3) is 0.417. The Hall–Kier alpha value is -3.62. The van der Waals surface area contributed by atoms with Gasteiger partial charge in [0, 0.05) is 31.7 Å². The maximum Gasteiger partial charge on any atom is 0.231 e. The molecule has 9 nitrogen and oxygen atoms in total. The summed E-state index contributed by atoms with van der Waals surface area (Å²) in [7, 11) is 0. The van der Waals surface area contributed by atoms with Crippen molar-refractivity contribution in [1.29, 1.82) is 0 Å². The Morgan fingerprint density at radius 3 is 2.58 bits per heavy atom. The molecule has 1 fully saturated rings. The first-order valence-electron chi connectivity index (χ1n) is 11.4. The second-order valence-electron chi connectivity index (χ2n) is 8.47. The molecule has 1 saturated heterocycles. The van der Waals surface area contributed by atoms with E-state index in [2.05, 4.69) is 25.5 Å². The van der Waals surface area contributed by atoms with Crippen molar-refractivity contribution < 1.29 is 14.3 Å². The highest BCUT2D eigenvalue weighted by molar-refractivity contribution is 5.76. The summed E-state index contributed by atoms with van der Waals surface area (Å²) in [5.41, 5.74) is 3.93. The quantitative estimate of drug-likeness (QED) is 0.594. The van der Waals surface area contributed by atoms with E-state index in [4.69, 9.17) is 9.47 Å². The zero-order valence-corrected chi connectivity index (χ0v) is 19.0. The van der Waals surface area contributed by atoms with E-state index < -0.39 is 0 Å². The molecule has 0 unspecified atom stereocenters. The van der Waals surface area contributed by atoms with Crippen LogP contribution >= 0.6 is 0 Å². The van der Waals surface area contributed by atoms with E-state index in [9.17, 15) is 4.79 Å². The molecule has 1 N–H and O–H groups in total. The smallest absolute Gasteiger partial charge is 0.231 e. The van der Waals surface area contributed by atoms with Crippen LogP contribution in [0, 0.1) is 13.8 Å². The van der Waals surface area contributed by atoms with Gasteiger partial charge in [-0.1, -0.05) is 6.07 Å². The average molecular weight is 449 g/mol. The second kappa shape index (κ2) is 9.09. The van der Waals surface area contributed by atoms with Gasteiger partial charge in [0.25, 0.3) is 0 Å². The van der Waals surface area contributed by atoms with Gasteiger partial charge in [-0.15, -0.1) is 10.2 Å². The number of nitrogens with one attached hydrogen (secondary N) is 1. The number of carbonyl (C=O) groups excluding carboxylic acids is 1. The van der Waals surface area contributed by atoms with Gasteiger partial charge in [0.05, 0.1) is 5.69 Å². The van der Waals surface area contributed by atoms with Crippen LogP contribution in [-0.4, -0.2) is 45.8 Å². The summed E-state index contributed by atoms with van der Waals surface area (Å²) in [6, 6.07) is 9.67. The van der Waals surface area contributed by atoms with Crippen molar-refractivity contribution in [2.24, 2.45) is 0 Å². The fourth-order valence-electron chi connectivity index (χ4n) is 4.38. The van der Waals surface area contributed by atoms with Crippen molar-refractivity contribution in [3.8, 4) is 17.3 Å². The Balaban J connectivity index is 1.19. The highest BCUT2D eigenvalue weighted by atomic mass is 16.7. The molecule has 0 bridgehead atoms. The number of rotatable bonds is 7. The molecule has 0 atom stereocenters. The van der Waals surface area contributed by atoms with Gasteiger partial charge in [-0.3, -0.25) is 4.79 Å². The van der Waals surface area contributed by atoms with Crippen LogP contribution in [0.1, 0.15) is 41.8 Å². The van der Waals surface area contributed by atoms with Crippen molar-refractivity contribution in [3.63, 3.8) is 0 Å². The van der Waals surface area contributed by atoms with E-state index in [1.165, 1.54) is 12.8 Å². The molecular weight excluding hydrogens is 420 g/mol. The lowest BCUT2D eigenvalue weighted by atomic mass is 10.1. The lowest BCUT2D eigenvalue weighted by Crippen LogP contribution is -2.23. The summed E-state index contributed by atoms with van der Waals surface area (Å²) in [5.74, 6) is 3.06. The van der Waals surface area contributed by atoms with E-state index in [1.54, 1.807) is 0 Å². The maximum atomic E-state index is 12.5. The average Bonchev–Trinajstić information content (AvgIpc) is 3.58.